The summed E-state index contributed by atoms with van der Waals surface area (Å²) in [4.78, 5) is 12.1. The highest BCUT2D eigenvalue weighted by atomic mass is 16.5. The summed E-state index contributed by atoms with van der Waals surface area (Å²) >= 11 is 0. The van der Waals surface area contributed by atoms with E-state index < -0.39 is 18.4 Å². The molecule has 0 aliphatic carbocycles. The zero-order valence-corrected chi connectivity index (χ0v) is 10.3. The topological polar surface area (TPSA) is 119 Å². The lowest BCUT2D eigenvalue weighted by atomic mass is 10.0. The molecule has 1 fully saturated rings. The average Bonchev–Trinajstić information content (AvgIpc) is 2.94. The normalized spacial score (nSPS) is 31.1. The van der Waals surface area contributed by atoms with E-state index in [2.05, 4.69) is 15.0 Å². The number of nitrogens with two attached hydrogens (primary N) is 1. The first-order valence-electron chi connectivity index (χ1n) is 6.01. The summed E-state index contributed by atoms with van der Waals surface area (Å²) in [5, 5.41) is 19.4. The second-order valence-corrected chi connectivity index (χ2v) is 4.68. The van der Waals surface area contributed by atoms with Gasteiger partial charge in [0.1, 0.15) is 17.9 Å². The van der Waals surface area contributed by atoms with Gasteiger partial charge in [-0.05, 0) is 0 Å². The van der Waals surface area contributed by atoms with Crippen LogP contribution in [0.2, 0.25) is 0 Å². The number of anilines is 1. The number of fused-ring (bicyclic) bond motifs is 1. The van der Waals surface area contributed by atoms with Crippen LogP contribution in [0, 0.1) is 5.92 Å². The number of imidazole rings is 1. The Morgan fingerprint density at radius 1 is 1.42 bits per heavy atom. The van der Waals surface area contributed by atoms with E-state index in [-0.39, 0.29) is 18.3 Å². The van der Waals surface area contributed by atoms with Crippen molar-refractivity contribution < 1.29 is 14.9 Å². The lowest BCUT2D eigenvalue weighted by Crippen LogP contribution is -2.25. The third kappa shape index (κ3) is 1.76. The van der Waals surface area contributed by atoms with Crippen LogP contribution in [0.4, 0.5) is 5.82 Å². The fourth-order valence-electron chi connectivity index (χ4n) is 2.36. The first kappa shape index (κ1) is 12.3. The van der Waals surface area contributed by atoms with E-state index in [0.29, 0.717) is 11.2 Å². The molecule has 8 heteroatoms. The molecular formula is C11H15N5O3. The van der Waals surface area contributed by atoms with Crippen molar-refractivity contribution in [3.8, 4) is 0 Å². The molecule has 2 aromatic heterocycles. The highest BCUT2D eigenvalue weighted by molar-refractivity contribution is 5.81. The Morgan fingerprint density at radius 3 is 2.89 bits per heavy atom. The van der Waals surface area contributed by atoms with Crippen molar-refractivity contribution in [2.45, 2.75) is 25.4 Å². The summed E-state index contributed by atoms with van der Waals surface area (Å²) < 4.78 is 7.26. The molecule has 8 nitrogen and oxygen atoms in total. The summed E-state index contributed by atoms with van der Waals surface area (Å²) in [7, 11) is 0. The number of hydrogen-bond donors (Lipinski definition) is 3. The maximum absolute atomic E-state index is 10.2. The molecule has 19 heavy (non-hydrogen) atoms. The first-order valence-corrected chi connectivity index (χ1v) is 6.01. The SMILES string of the molecule is CC1[C@@H](O)[C@H](n2cnc3c(N)ncnc32)O[C@@H]1CO. The molecule has 1 aliphatic rings. The Balaban J connectivity index is 2.04. The van der Waals surface area contributed by atoms with Crippen molar-refractivity contribution in [1.29, 1.82) is 0 Å². The monoisotopic (exact) mass is 265 g/mol. The molecule has 3 heterocycles. The van der Waals surface area contributed by atoms with E-state index in [1.54, 1.807) is 4.57 Å². The Hall–Kier alpha value is -1.77. The van der Waals surface area contributed by atoms with Crippen LogP contribution in [-0.2, 0) is 4.74 Å². The van der Waals surface area contributed by atoms with Gasteiger partial charge in [-0.15, -0.1) is 0 Å². The molecule has 4 atom stereocenters. The van der Waals surface area contributed by atoms with Gasteiger partial charge in [0.15, 0.2) is 17.7 Å². The summed E-state index contributed by atoms with van der Waals surface area (Å²) in [5.41, 5.74) is 6.69. The van der Waals surface area contributed by atoms with Gasteiger partial charge in [-0.3, -0.25) is 4.57 Å². The predicted molar refractivity (Wildman–Crippen MR) is 65.9 cm³/mol. The van der Waals surface area contributed by atoms with Crippen LogP contribution in [0.15, 0.2) is 12.7 Å². The van der Waals surface area contributed by atoms with Crippen molar-refractivity contribution in [2.24, 2.45) is 5.92 Å². The maximum atomic E-state index is 10.2. The third-order valence-electron chi connectivity index (χ3n) is 3.57. The van der Waals surface area contributed by atoms with E-state index in [9.17, 15) is 10.2 Å². The fraction of sp³-hybridized carbons (Fsp3) is 0.545. The summed E-state index contributed by atoms with van der Waals surface area (Å²) in [5.74, 6) is 0.106. The van der Waals surface area contributed by atoms with Crippen LogP contribution in [0.5, 0.6) is 0 Å². The van der Waals surface area contributed by atoms with E-state index in [1.165, 1.54) is 12.7 Å². The van der Waals surface area contributed by atoms with Crippen LogP contribution in [0.25, 0.3) is 11.2 Å². The lowest BCUT2D eigenvalue weighted by molar-refractivity contribution is -0.0491. The van der Waals surface area contributed by atoms with Crippen molar-refractivity contribution in [2.75, 3.05) is 12.3 Å². The van der Waals surface area contributed by atoms with Crippen molar-refractivity contribution in [1.82, 2.24) is 19.5 Å². The summed E-state index contributed by atoms with van der Waals surface area (Å²) in [6.45, 7) is 1.69. The molecule has 0 amide bonds. The molecule has 102 valence electrons. The molecule has 2 aromatic rings. The second kappa shape index (κ2) is 4.41. The number of rotatable bonds is 2. The molecule has 4 N–H and O–H groups in total. The molecule has 0 bridgehead atoms. The highest BCUT2D eigenvalue weighted by Gasteiger charge is 2.42. The Morgan fingerprint density at radius 2 is 2.21 bits per heavy atom. The van der Waals surface area contributed by atoms with Gasteiger partial charge in [-0.25, -0.2) is 15.0 Å². The van der Waals surface area contributed by atoms with Crippen LogP contribution in [0.1, 0.15) is 13.2 Å². The van der Waals surface area contributed by atoms with Crippen molar-refractivity contribution >= 4 is 17.0 Å². The van der Waals surface area contributed by atoms with Gasteiger partial charge >= 0.3 is 0 Å². The number of nitrogen functional groups attached to an aromatic ring is 1. The molecule has 1 aliphatic heterocycles. The highest BCUT2D eigenvalue weighted by Crippen LogP contribution is 2.35. The van der Waals surface area contributed by atoms with Gasteiger partial charge in [0.25, 0.3) is 0 Å². The van der Waals surface area contributed by atoms with Crippen LogP contribution >= 0.6 is 0 Å². The quantitative estimate of drug-likeness (QED) is 0.656. The molecule has 0 saturated carbocycles. The van der Waals surface area contributed by atoms with Gasteiger partial charge in [-0.1, -0.05) is 6.92 Å². The van der Waals surface area contributed by atoms with Gasteiger partial charge in [0.2, 0.25) is 0 Å². The molecule has 1 saturated heterocycles. The minimum atomic E-state index is -0.745. The Kier molecular flexibility index (Phi) is 2.85. The van der Waals surface area contributed by atoms with Gasteiger partial charge in [0.05, 0.1) is 19.0 Å². The van der Waals surface area contributed by atoms with E-state index in [4.69, 9.17) is 10.5 Å². The van der Waals surface area contributed by atoms with Gasteiger partial charge in [-0.2, -0.15) is 0 Å². The van der Waals surface area contributed by atoms with Crippen LogP contribution < -0.4 is 5.73 Å². The van der Waals surface area contributed by atoms with Gasteiger partial charge < -0.3 is 20.7 Å². The molecule has 0 aromatic carbocycles. The largest absolute Gasteiger partial charge is 0.394 e. The molecular weight excluding hydrogens is 250 g/mol. The van der Waals surface area contributed by atoms with E-state index in [1.807, 2.05) is 6.92 Å². The van der Waals surface area contributed by atoms with E-state index in [0.717, 1.165) is 0 Å². The average molecular weight is 265 g/mol. The zero-order valence-electron chi connectivity index (χ0n) is 10.3. The van der Waals surface area contributed by atoms with E-state index >= 15 is 0 Å². The smallest absolute Gasteiger partial charge is 0.167 e. The standard InChI is InChI=1S/C11H15N5O3/c1-5-6(2-17)19-11(8(5)18)16-4-15-7-9(12)13-3-14-10(7)16/h3-6,8,11,17-18H,2H2,1H3,(H2,12,13,14)/t5?,6-,8-,11-/m1/s1. The predicted octanol–water partition coefficient (Wildman–Crippen LogP) is -0.705. The molecule has 3 rings (SSSR count). The number of aliphatic hydroxyl groups excluding tert-OH is 2. The lowest BCUT2D eigenvalue weighted by Gasteiger charge is -2.16. The summed E-state index contributed by atoms with van der Waals surface area (Å²) in [6, 6.07) is 0. The van der Waals surface area contributed by atoms with Crippen molar-refractivity contribution in [3.63, 3.8) is 0 Å². The minimum absolute atomic E-state index is 0.140. The first-order chi connectivity index (χ1) is 9.13. The maximum Gasteiger partial charge on any atom is 0.167 e. The number of ether oxygens (including phenoxy) is 1. The van der Waals surface area contributed by atoms with Crippen LogP contribution in [-0.4, -0.2) is 48.5 Å². The third-order valence-corrected chi connectivity index (χ3v) is 3.57. The molecule has 0 radical (unpaired) electrons. The van der Waals surface area contributed by atoms with Crippen molar-refractivity contribution in [3.05, 3.63) is 12.7 Å². The Bertz CT molecular complexity index is 601. The number of aliphatic hydroxyl groups is 2. The zero-order chi connectivity index (χ0) is 13.6. The minimum Gasteiger partial charge on any atom is -0.394 e. The second-order valence-electron chi connectivity index (χ2n) is 4.68. The van der Waals surface area contributed by atoms with Gasteiger partial charge in [0, 0.05) is 5.92 Å². The molecule has 0 spiro atoms. The number of nitrogens with zero attached hydrogens (tertiary/aromatic N) is 4. The summed E-state index contributed by atoms with van der Waals surface area (Å²) in [6.07, 6.45) is 1.06. The fourth-order valence-corrected chi connectivity index (χ4v) is 2.36. The number of aromatic nitrogens is 4. The number of hydrogen-bond acceptors (Lipinski definition) is 7. The van der Waals surface area contributed by atoms with Crippen LogP contribution in [0.3, 0.4) is 0 Å². The Labute approximate surface area is 108 Å². The molecule has 1 unspecified atom stereocenters.